The number of hydrogen-bond donors (Lipinski definition) is 1. The molecule has 1 aromatic heterocycles. The summed E-state index contributed by atoms with van der Waals surface area (Å²) in [6.45, 7) is 4.58. The highest BCUT2D eigenvalue weighted by atomic mass is 32.2. The molecule has 0 saturated carbocycles. The second-order valence-corrected chi connectivity index (χ2v) is 9.52. The molecule has 1 amide bonds. The molecule has 1 aliphatic heterocycles. The number of furan rings is 1. The Kier molecular flexibility index (Phi) is 7.50. The predicted octanol–water partition coefficient (Wildman–Crippen LogP) is 2.59. The zero-order valence-electron chi connectivity index (χ0n) is 17.8. The first-order valence-corrected chi connectivity index (χ1v) is 11.8. The molecule has 1 aliphatic rings. The molecular weight excluding hydrogens is 420 g/mol. The number of amides is 1. The number of sulfonamides is 1. The van der Waals surface area contributed by atoms with E-state index in [0.29, 0.717) is 25.9 Å². The number of hydrogen-bond acceptors (Lipinski definition) is 6. The molecule has 8 nitrogen and oxygen atoms in total. The van der Waals surface area contributed by atoms with Crippen LogP contribution in [-0.4, -0.2) is 50.8 Å². The van der Waals surface area contributed by atoms with E-state index in [1.807, 2.05) is 31.2 Å². The van der Waals surface area contributed by atoms with Crippen LogP contribution < -0.4 is 5.32 Å². The largest absolute Gasteiger partial charge is 0.458 e. The summed E-state index contributed by atoms with van der Waals surface area (Å²) in [5, 5.41) is 2.70. The topological polar surface area (TPSA) is 106 Å². The van der Waals surface area contributed by atoms with Crippen molar-refractivity contribution in [1.82, 2.24) is 9.62 Å². The summed E-state index contributed by atoms with van der Waals surface area (Å²) < 4.78 is 37.2. The van der Waals surface area contributed by atoms with Crippen molar-refractivity contribution in [2.45, 2.75) is 44.4 Å². The monoisotopic (exact) mass is 448 g/mol. The first-order chi connectivity index (χ1) is 14.8. The first-order valence-electron chi connectivity index (χ1n) is 10.4. The van der Waals surface area contributed by atoms with E-state index >= 15 is 0 Å². The Hall–Kier alpha value is -2.65. The van der Waals surface area contributed by atoms with Crippen molar-refractivity contribution in [3.05, 3.63) is 53.0 Å². The smallest absolute Gasteiger partial charge is 0.374 e. The van der Waals surface area contributed by atoms with Gasteiger partial charge in [-0.05, 0) is 38.7 Å². The summed E-state index contributed by atoms with van der Waals surface area (Å²) in [7, 11) is -3.68. The van der Waals surface area contributed by atoms with Crippen LogP contribution >= 0.6 is 0 Å². The quantitative estimate of drug-likeness (QED) is 0.467. The molecule has 0 unspecified atom stereocenters. The summed E-state index contributed by atoms with van der Waals surface area (Å²) in [5.74, 6) is -0.909. The van der Waals surface area contributed by atoms with Gasteiger partial charge in [0, 0.05) is 25.6 Å². The highest BCUT2D eigenvalue weighted by Crippen LogP contribution is 2.26. The molecule has 2 aromatic rings. The molecular formula is C22H28N2O6S. The molecule has 31 heavy (non-hydrogen) atoms. The lowest BCUT2D eigenvalue weighted by Gasteiger charge is -2.14. The molecule has 1 N–H and O–H groups in total. The average Bonchev–Trinajstić information content (AvgIpc) is 3.41. The lowest BCUT2D eigenvalue weighted by Crippen LogP contribution is -2.28. The number of ether oxygens (including phenoxy) is 1. The molecule has 0 bridgehead atoms. The van der Waals surface area contributed by atoms with Crippen molar-refractivity contribution in [2.75, 3.05) is 26.2 Å². The van der Waals surface area contributed by atoms with E-state index in [-0.39, 0.29) is 35.5 Å². The van der Waals surface area contributed by atoms with Gasteiger partial charge in [-0.1, -0.05) is 29.8 Å². The summed E-state index contributed by atoms with van der Waals surface area (Å²) in [5.41, 5.74) is 2.25. The number of nitrogens with one attached hydrogen (secondary N) is 1. The Morgan fingerprint density at radius 3 is 2.48 bits per heavy atom. The normalized spacial score (nSPS) is 14.5. The van der Waals surface area contributed by atoms with Gasteiger partial charge in [-0.3, -0.25) is 4.79 Å². The van der Waals surface area contributed by atoms with E-state index < -0.39 is 16.0 Å². The molecule has 1 fully saturated rings. The van der Waals surface area contributed by atoms with Crippen molar-refractivity contribution in [3.8, 4) is 0 Å². The minimum absolute atomic E-state index is 0.00856. The van der Waals surface area contributed by atoms with Gasteiger partial charge in [-0.2, -0.15) is 4.31 Å². The Morgan fingerprint density at radius 2 is 1.81 bits per heavy atom. The van der Waals surface area contributed by atoms with E-state index in [0.717, 1.165) is 18.4 Å². The number of rotatable bonds is 9. The fourth-order valence-corrected chi connectivity index (χ4v) is 5.07. The van der Waals surface area contributed by atoms with Crippen LogP contribution in [0.15, 0.2) is 39.6 Å². The molecule has 0 spiro atoms. The van der Waals surface area contributed by atoms with Gasteiger partial charge in [0.05, 0.1) is 6.54 Å². The van der Waals surface area contributed by atoms with Crippen LogP contribution in [0.5, 0.6) is 0 Å². The highest BCUT2D eigenvalue weighted by molar-refractivity contribution is 7.89. The van der Waals surface area contributed by atoms with Gasteiger partial charge in [0.2, 0.25) is 21.7 Å². The van der Waals surface area contributed by atoms with Crippen molar-refractivity contribution in [1.29, 1.82) is 0 Å². The number of carbonyl (C=O) groups excluding carboxylic acids is 2. The van der Waals surface area contributed by atoms with Crippen molar-refractivity contribution in [2.24, 2.45) is 0 Å². The number of nitrogens with zero attached hydrogens (tertiary/aromatic N) is 1. The third kappa shape index (κ3) is 5.95. The predicted molar refractivity (Wildman–Crippen MR) is 114 cm³/mol. The molecule has 168 valence electrons. The minimum Gasteiger partial charge on any atom is -0.458 e. The van der Waals surface area contributed by atoms with Crippen LogP contribution in [0.1, 0.15) is 46.7 Å². The van der Waals surface area contributed by atoms with Gasteiger partial charge in [0.15, 0.2) is 0 Å². The Bertz CT molecular complexity index is 1020. The number of aryl methyl sites for hydroxylation is 3. The molecule has 0 atom stereocenters. The summed E-state index contributed by atoms with van der Waals surface area (Å²) in [6, 6.07) is 9.21. The second kappa shape index (κ2) is 10.1. The van der Waals surface area contributed by atoms with Gasteiger partial charge < -0.3 is 14.5 Å². The van der Waals surface area contributed by atoms with Crippen LogP contribution in [0.2, 0.25) is 0 Å². The highest BCUT2D eigenvalue weighted by Gasteiger charge is 2.32. The van der Waals surface area contributed by atoms with Crippen molar-refractivity contribution in [3.63, 3.8) is 0 Å². The molecule has 1 aromatic carbocycles. The van der Waals surface area contributed by atoms with Crippen molar-refractivity contribution >= 4 is 21.9 Å². The molecule has 2 heterocycles. The van der Waals surface area contributed by atoms with Crippen LogP contribution in [-0.2, 0) is 26.0 Å². The molecule has 9 heteroatoms. The SMILES string of the molecule is Cc1ccc(CCC(=O)NCCOC(=O)c2cc(S(=O)(=O)N3CCCC3)c(C)o2)cc1. The number of esters is 1. The maximum atomic E-state index is 12.7. The fourth-order valence-electron chi connectivity index (χ4n) is 3.40. The van der Waals surface area contributed by atoms with Gasteiger partial charge >= 0.3 is 5.97 Å². The van der Waals surface area contributed by atoms with E-state index in [4.69, 9.17) is 9.15 Å². The third-order valence-corrected chi connectivity index (χ3v) is 7.18. The zero-order valence-corrected chi connectivity index (χ0v) is 18.7. The minimum atomic E-state index is -3.68. The maximum absolute atomic E-state index is 12.7. The van der Waals surface area contributed by atoms with E-state index in [1.165, 1.54) is 22.9 Å². The van der Waals surface area contributed by atoms with Crippen molar-refractivity contribution < 1.29 is 27.2 Å². The molecule has 0 radical (unpaired) electrons. The Balaban J connectivity index is 1.43. The zero-order chi connectivity index (χ0) is 22.4. The van der Waals surface area contributed by atoms with E-state index in [9.17, 15) is 18.0 Å². The number of benzene rings is 1. The Morgan fingerprint density at radius 1 is 1.13 bits per heavy atom. The van der Waals surface area contributed by atoms with Crippen LogP contribution in [0.25, 0.3) is 0 Å². The first kappa shape index (κ1) is 23.0. The van der Waals surface area contributed by atoms with Crippen LogP contribution in [0.4, 0.5) is 0 Å². The third-order valence-electron chi connectivity index (χ3n) is 5.17. The summed E-state index contributed by atoms with van der Waals surface area (Å²) in [4.78, 5) is 24.1. The second-order valence-electron chi connectivity index (χ2n) is 7.61. The molecule has 3 rings (SSSR count). The van der Waals surface area contributed by atoms with Gasteiger partial charge in [-0.15, -0.1) is 0 Å². The van der Waals surface area contributed by atoms with Crippen LogP contribution in [0, 0.1) is 13.8 Å². The standard InChI is InChI=1S/C22H28N2O6S/c1-16-5-7-18(8-6-16)9-10-21(25)23-11-14-29-22(26)19-15-20(17(2)30-19)31(27,28)24-12-3-4-13-24/h5-8,15H,3-4,9-14H2,1-2H3,(H,23,25). The van der Waals surface area contributed by atoms with Gasteiger partial charge in [0.1, 0.15) is 17.3 Å². The van der Waals surface area contributed by atoms with Crippen LogP contribution in [0.3, 0.4) is 0 Å². The maximum Gasteiger partial charge on any atom is 0.374 e. The molecule has 0 aliphatic carbocycles. The summed E-state index contributed by atoms with van der Waals surface area (Å²) in [6.07, 6.45) is 2.61. The summed E-state index contributed by atoms with van der Waals surface area (Å²) >= 11 is 0. The van der Waals surface area contributed by atoms with Gasteiger partial charge in [0.25, 0.3) is 0 Å². The van der Waals surface area contributed by atoms with Gasteiger partial charge in [-0.25, -0.2) is 13.2 Å². The average molecular weight is 449 g/mol. The lowest BCUT2D eigenvalue weighted by atomic mass is 10.1. The molecule has 1 saturated heterocycles. The van der Waals surface area contributed by atoms with E-state index in [2.05, 4.69) is 5.32 Å². The van der Waals surface area contributed by atoms with E-state index in [1.54, 1.807) is 0 Å². The number of carbonyl (C=O) groups is 2. The lowest BCUT2D eigenvalue weighted by molar-refractivity contribution is -0.121. The Labute approximate surface area is 182 Å². The fraction of sp³-hybridized carbons (Fsp3) is 0.455.